The standard InChI is InChI=1S/C14H20BrN3O/c1-10-3-4-12(7-13(10)15)18-6-5-17(9-14(18)19)11(2)8-16/h3-4,7,11H,5-6,8-9,16H2,1-2H3. The second kappa shape index (κ2) is 6.03. The van der Waals surface area contributed by atoms with Crippen LogP contribution in [0.2, 0.25) is 0 Å². The van der Waals surface area contributed by atoms with E-state index in [4.69, 9.17) is 5.73 Å². The lowest BCUT2D eigenvalue weighted by molar-refractivity contribution is -0.121. The molecule has 0 aromatic heterocycles. The first-order valence-electron chi connectivity index (χ1n) is 6.53. The molecular weight excluding hydrogens is 306 g/mol. The van der Waals surface area contributed by atoms with Gasteiger partial charge in [0.25, 0.3) is 0 Å². The molecule has 104 valence electrons. The van der Waals surface area contributed by atoms with Crippen molar-refractivity contribution in [3.63, 3.8) is 0 Å². The Morgan fingerprint density at radius 2 is 2.16 bits per heavy atom. The minimum absolute atomic E-state index is 0.141. The topological polar surface area (TPSA) is 49.6 Å². The first kappa shape index (κ1) is 14.5. The molecule has 1 atom stereocenters. The predicted octanol–water partition coefficient (Wildman–Crippen LogP) is 1.75. The molecule has 0 aliphatic carbocycles. The molecule has 2 rings (SSSR count). The van der Waals surface area contributed by atoms with E-state index in [1.807, 2.05) is 30.0 Å². The highest BCUT2D eigenvalue weighted by Gasteiger charge is 2.27. The number of anilines is 1. The Kier molecular flexibility index (Phi) is 4.60. The number of nitrogens with zero attached hydrogens (tertiary/aromatic N) is 2. The Balaban J connectivity index is 2.11. The number of aryl methyl sites for hydroxylation is 1. The summed E-state index contributed by atoms with van der Waals surface area (Å²) in [6.07, 6.45) is 0. The zero-order valence-corrected chi connectivity index (χ0v) is 13.0. The van der Waals surface area contributed by atoms with Gasteiger partial charge in [0.15, 0.2) is 0 Å². The van der Waals surface area contributed by atoms with Crippen molar-refractivity contribution in [2.75, 3.05) is 31.1 Å². The van der Waals surface area contributed by atoms with Gasteiger partial charge in [-0.2, -0.15) is 0 Å². The SMILES string of the molecule is Cc1ccc(N2CCN(C(C)CN)CC2=O)cc1Br. The van der Waals surface area contributed by atoms with Crippen LogP contribution in [0.1, 0.15) is 12.5 Å². The summed E-state index contributed by atoms with van der Waals surface area (Å²) in [5.74, 6) is 0.141. The average molecular weight is 326 g/mol. The van der Waals surface area contributed by atoms with E-state index in [0.717, 1.165) is 23.2 Å². The molecule has 1 heterocycles. The van der Waals surface area contributed by atoms with E-state index in [9.17, 15) is 4.79 Å². The molecule has 0 spiro atoms. The zero-order chi connectivity index (χ0) is 14.0. The van der Waals surface area contributed by atoms with Crippen LogP contribution in [0.5, 0.6) is 0 Å². The van der Waals surface area contributed by atoms with Crippen molar-refractivity contribution in [3.8, 4) is 0 Å². The minimum Gasteiger partial charge on any atom is -0.329 e. The molecule has 0 radical (unpaired) electrons. The lowest BCUT2D eigenvalue weighted by Gasteiger charge is -2.37. The van der Waals surface area contributed by atoms with Crippen LogP contribution >= 0.6 is 15.9 Å². The Labute approximate surface area is 122 Å². The summed E-state index contributed by atoms with van der Waals surface area (Å²) in [6, 6.07) is 6.30. The van der Waals surface area contributed by atoms with Crippen LogP contribution in [0, 0.1) is 6.92 Å². The van der Waals surface area contributed by atoms with Crippen LogP contribution in [0.15, 0.2) is 22.7 Å². The van der Waals surface area contributed by atoms with Gasteiger partial charge >= 0.3 is 0 Å². The number of carbonyl (C=O) groups excluding carboxylic acids is 1. The van der Waals surface area contributed by atoms with E-state index in [2.05, 4.69) is 27.8 Å². The smallest absolute Gasteiger partial charge is 0.241 e. The van der Waals surface area contributed by atoms with Gasteiger partial charge < -0.3 is 10.6 Å². The lowest BCUT2D eigenvalue weighted by atomic mass is 10.1. The number of rotatable bonds is 3. The number of piperazine rings is 1. The molecule has 1 aromatic carbocycles. The normalized spacial score (nSPS) is 18.7. The monoisotopic (exact) mass is 325 g/mol. The average Bonchev–Trinajstić information content (AvgIpc) is 2.41. The molecule has 1 saturated heterocycles. The molecule has 1 aromatic rings. The number of halogens is 1. The summed E-state index contributed by atoms with van der Waals surface area (Å²) >= 11 is 3.51. The number of hydrogen-bond donors (Lipinski definition) is 1. The highest BCUT2D eigenvalue weighted by molar-refractivity contribution is 9.10. The van der Waals surface area contributed by atoms with Crippen LogP contribution in [0.25, 0.3) is 0 Å². The quantitative estimate of drug-likeness (QED) is 0.921. The number of amides is 1. The van der Waals surface area contributed by atoms with Crippen LogP contribution in [-0.2, 0) is 4.79 Å². The van der Waals surface area contributed by atoms with Crippen molar-refractivity contribution in [3.05, 3.63) is 28.2 Å². The molecule has 0 bridgehead atoms. The summed E-state index contributed by atoms with van der Waals surface area (Å²) in [6.45, 7) is 6.73. The molecule has 2 N–H and O–H groups in total. The maximum absolute atomic E-state index is 12.2. The van der Waals surface area contributed by atoms with Gasteiger partial charge in [0, 0.05) is 35.8 Å². The Morgan fingerprint density at radius 3 is 2.74 bits per heavy atom. The maximum atomic E-state index is 12.2. The van der Waals surface area contributed by atoms with E-state index in [0.29, 0.717) is 13.1 Å². The van der Waals surface area contributed by atoms with Crippen molar-refractivity contribution >= 4 is 27.5 Å². The Hall–Kier alpha value is -0.910. The van der Waals surface area contributed by atoms with Crippen LogP contribution < -0.4 is 10.6 Å². The van der Waals surface area contributed by atoms with Crippen molar-refractivity contribution in [2.24, 2.45) is 5.73 Å². The second-order valence-electron chi connectivity index (χ2n) is 5.03. The van der Waals surface area contributed by atoms with E-state index >= 15 is 0 Å². The van der Waals surface area contributed by atoms with Gasteiger partial charge in [0.05, 0.1) is 6.54 Å². The number of hydrogen-bond acceptors (Lipinski definition) is 3. The summed E-state index contributed by atoms with van der Waals surface area (Å²) in [5.41, 5.74) is 7.79. The van der Waals surface area contributed by atoms with Gasteiger partial charge in [0.2, 0.25) is 5.91 Å². The van der Waals surface area contributed by atoms with Gasteiger partial charge in [-0.05, 0) is 31.5 Å². The predicted molar refractivity (Wildman–Crippen MR) is 81.3 cm³/mol. The minimum atomic E-state index is 0.141. The fourth-order valence-corrected chi connectivity index (χ4v) is 2.61. The molecule has 1 fully saturated rings. The fraction of sp³-hybridized carbons (Fsp3) is 0.500. The first-order valence-corrected chi connectivity index (χ1v) is 7.33. The van der Waals surface area contributed by atoms with Crippen molar-refractivity contribution in [1.29, 1.82) is 0 Å². The van der Waals surface area contributed by atoms with Crippen LogP contribution in [0.3, 0.4) is 0 Å². The molecule has 0 saturated carbocycles. The Morgan fingerprint density at radius 1 is 1.42 bits per heavy atom. The summed E-state index contributed by atoms with van der Waals surface area (Å²) in [7, 11) is 0. The number of benzene rings is 1. The van der Waals surface area contributed by atoms with E-state index in [1.165, 1.54) is 5.56 Å². The third-order valence-corrected chi connectivity index (χ3v) is 4.54. The van der Waals surface area contributed by atoms with Crippen molar-refractivity contribution < 1.29 is 4.79 Å². The van der Waals surface area contributed by atoms with E-state index < -0.39 is 0 Å². The zero-order valence-electron chi connectivity index (χ0n) is 11.4. The van der Waals surface area contributed by atoms with Crippen molar-refractivity contribution in [2.45, 2.75) is 19.9 Å². The van der Waals surface area contributed by atoms with Crippen LogP contribution in [-0.4, -0.2) is 43.0 Å². The molecule has 1 aliphatic rings. The second-order valence-corrected chi connectivity index (χ2v) is 5.89. The third-order valence-electron chi connectivity index (χ3n) is 3.68. The summed E-state index contributed by atoms with van der Waals surface area (Å²) in [5, 5.41) is 0. The molecule has 4 nitrogen and oxygen atoms in total. The molecular formula is C14H20BrN3O. The number of carbonyl (C=O) groups is 1. The largest absolute Gasteiger partial charge is 0.329 e. The molecule has 1 aliphatic heterocycles. The van der Waals surface area contributed by atoms with E-state index in [-0.39, 0.29) is 11.9 Å². The lowest BCUT2D eigenvalue weighted by Crippen LogP contribution is -2.54. The highest BCUT2D eigenvalue weighted by atomic mass is 79.9. The maximum Gasteiger partial charge on any atom is 0.241 e. The van der Waals surface area contributed by atoms with Gasteiger partial charge in [-0.15, -0.1) is 0 Å². The summed E-state index contributed by atoms with van der Waals surface area (Å²) in [4.78, 5) is 16.2. The van der Waals surface area contributed by atoms with Crippen molar-refractivity contribution in [1.82, 2.24) is 4.90 Å². The van der Waals surface area contributed by atoms with Gasteiger partial charge in [-0.1, -0.05) is 22.0 Å². The fourth-order valence-electron chi connectivity index (χ4n) is 2.24. The van der Waals surface area contributed by atoms with Gasteiger partial charge in [0.1, 0.15) is 0 Å². The molecule has 19 heavy (non-hydrogen) atoms. The van der Waals surface area contributed by atoms with E-state index in [1.54, 1.807) is 0 Å². The first-order chi connectivity index (χ1) is 9.02. The van der Waals surface area contributed by atoms with Gasteiger partial charge in [-0.3, -0.25) is 9.69 Å². The Bertz CT molecular complexity index is 478. The van der Waals surface area contributed by atoms with Gasteiger partial charge in [-0.25, -0.2) is 0 Å². The summed E-state index contributed by atoms with van der Waals surface area (Å²) < 4.78 is 1.04. The number of nitrogens with two attached hydrogens (primary N) is 1. The third kappa shape index (κ3) is 3.16. The van der Waals surface area contributed by atoms with Crippen LogP contribution in [0.4, 0.5) is 5.69 Å². The molecule has 1 amide bonds. The molecule has 1 unspecified atom stereocenters. The highest BCUT2D eigenvalue weighted by Crippen LogP contribution is 2.25. The molecule has 5 heteroatoms.